The van der Waals surface area contributed by atoms with Crippen LogP contribution in [0.1, 0.15) is 24.8 Å². The number of aromatic nitrogens is 1. The van der Waals surface area contributed by atoms with Crippen LogP contribution < -0.4 is 0 Å². The summed E-state index contributed by atoms with van der Waals surface area (Å²) in [5, 5.41) is 0.947. The van der Waals surface area contributed by atoms with Crippen LogP contribution in [0.3, 0.4) is 0 Å². The molecule has 1 aliphatic rings. The van der Waals surface area contributed by atoms with Crippen LogP contribution in [0.4, 0.5) is 0 Å². The Morgan fingerprint density at radius 3 is 2.73 bits per heavy atom. The van der Waals surface area contributed by atoms with Gasteiger partial charge < -0.3 is 9.64 Å². The molecule has 1 fully saturated rings. The fraction of sp³-hybridized carbons (Fsp3) is 0.526. The van der Waals surface area contributed by atoms with E-state index in [1.165, 1.54) is 0 Å². The SMILES string of the molecule is CCOC(=O)C1CCN(CC(=O)N(C)Cc2nc3ccccc3s2)CC1. The van der Waals surface area contributed by atoms with Crippen molar-refractivity contribution in [3.05, 3.63) is 29.3 Å². The highest BCUT2D eigenvalue weighted by Gasteiger charge is 2.27. The van der Waals surface area contributed by atoms with Gasteiger partial charge in [-0.05, 0) is 45.0 Å². The molecule has 26 heavy (non-hydrogen) atoms. The summed E-state index contributed by atoms with van der Waals surface area (Å²) in [6.45, 7) is 4.67. The molecule has 0 atom stereocenters. The maximum Gasteiger partial charge on any atom is 0.309 e. The van der Waals surface area contributed by atoms with Crippen LogP contribution in [0.15, 0.2) is 24.3 Å². The zero-order valence-corrected chi connectivity index (χ0v) is 16.1. The monoisotopic (exact) mass is 375 g/mol. The van der Waals surface area contributed by atoms with Gasteiger partial charge in [-0.1, -0.05) is 12.1 Å². The van der Waals surface area contributed by atoms with Crippen molar-refractivity contribution in [3.8, 4) is 0 Å². The Hall–Kier alpha value is -1.99. The number of para-hydroxylation sites is 1. The van der Waals surface area contributed by atoms with Gasteiger partial charge in [0.15, 0.2) is 0 Å². The van der Waals surface area contributed by atoms with Crippen LogP contribution in [0.2, 0.25) is 0 Å². The van der Waals surface area contributed by atoms with E-state index in [0.717, 1.165) is 41.2 Å². The first-order chi connectivity index (χ1) is 12.6. The Labute approximate surface area is 157 Å². The van der Waals surface area contributed by atoms with E-state index in [2.05, 4.69) is 9.88 Å². The van der Waals surface area contributed by atoms with E-state index >= 15 is 0 Å². The number of amides is 1. The van der Waals surface area contributed by atoms with Gasteiger partial charge in [-0.3, -0.25) is 14.5 Å². The standard InChI is InChI=1S/C19H25N3O3S/c1-3-25-19(24)14-8-10-22(11-9-14)13-18(23)21(2)12-17-20-15-6-4-5-7-16(15)26-17/h4-7,14H,3,8-13H2,1-2H3. The van der Waals surface area contributed by atoms with Crippen molar-refractivity contribution in [2.45, 2.75) is 26.3 Å². The Morgan fingerprint density at radius 1 is 1.31 bits per heavy atom. The lowest BCUT2D eigenvalue weighted by atomic mass is 9.97. The molecule has 1 aromatic heterocycles. The topological polar surface area (TPSA) is 62.7 Å². The number of fused-ring (bicyclic) bond motifs is 1. The number of likely N-dealkylation sites (N-methyl/N-ethyl adjacent to an activating group) is 1. The number of nitrogens with zero attached hydrogens (tertiary/aromatic N) is 3. The van der Waals surface area contributed by atoms with E-state index in [4.69, 9.17) is 4.74 Å². The first-order valence-electron chi connectivity index (χ1n) is 9.04. The second-order valence-corrected chi connectivity index (χ2v) is 7.74. The van der Waals surface area contributed by atoms with Gasteiger partial charge in [-0.15, -0.1) is 11.3 Å². The van der Waals surface area contributed by atoms with E-state index in [0.29, 0.717) is 19.7 Å². The predicted molar refractivity (Wildman–Crippen MR) is 102 cm³/mol. The van der Waals surface area contributed by atoms with E-state index in [1.807, 2.05) is 38.2 Å². The molecule has 2 aromatic rings. The second-order valence-electron chi connectivity index (χ2n) is 6.63. The third-order valence-corrected chi connectivity index (χ3v) is 5.72. The van der Waals surface area contributed by atoms with Crippen molar-refractivity contribution >= 4 is 33.4 Å². The maximum atomic E-state index is 12.5. The van der Waals surface area contributed by atoms with Crippen LogP contribution in [0, 0.1) is 5.92 Å². The number of thiazole rings is 1. The number of carbonyl (C=O) groups excluding carboxylic acids is 2. The zero-order valence-electron chi connectivity index (χ0n) is 15.3. The van der Waals surface area contributed by atoms with Gasteiger partial charge in [0, 0.05) is 7.05 Å². The van der Waals surface area contributed by atoms with Gasteiger partial charge in [-0.2, -0.15) is 0 Å². The minimum absolute atomic E-state index is 0.0261. The lowest BCUT2D eigenvalue weighted by Gasteiger charge is -2.31. The van der Waals surface area contributed by atoms with Gasteiger partial charge in [0.1, 0.15) is 5.01 Å². The molecule has 0 bridgehead atoms. The number of hydrogen-bond donors (Lipinski definition) is 0. The van der Waals surface area contributed by atoms with Crippen LogP contribution >= 0.6 is 11.3 Å². The summed E-state index contributed by atoms with van der Waals surface area (Å²) < 4.78 is 6.23. The van der Waals surface area contributed by atoms with Crippen molar-refractivity contribution in [3.63, 3.8) is 0 Å². The van der Waals surface area contributed by atoms with Crippen LogP contribution in [0.5, 0.6) is 0 Å². The predicted octanol–water partition coefficient (Wildman–Crippen LogP) is 2.53. The summed E-state index contributed by atoms with van der Waals surface area (Å²) >= 11 is 1.63. The molecule has 2 heterocycles. The maximum absolute atomic E-state index is 12.5. The number of carbonyl (C=O) groups is 2. The average Bonchev–Trinajstić information content (AvgIpc) is 3.04. The third kappa shape index (κ3) is 4.59. The summed E-state index contributed by atoms with van der Waals surface area (Å²) in [5.41, 5.74) is 0.981. The highest BCUT2D eigenvalue weighted by molar-refractivity contribution is 7.18. The minimum atomic E-state index is -0.105. The summed E-state index contributed by atoms with van der Waals surface area (Å²) in [5.74, 6) is -0.0490. The minimum Gasteiger partial charge on any atom is -0.466 e. The molecule has 6 nitrogen and oxygen atoms in total. The Morgan fingerprint density at radius 2 is 2.04 bits per heavy atom. The smallest absolute Gasteiger partial charge is 0.309 e. The third-order valence-electron chi connectivity index (χ3n) is 4.70. The van der Waals surface area contributed by atoms with E-state index in [1.54, 1.807) is 16.2 Å². The molecule has 3 rings (SSSR count). The number of rotatable bonds is 6. The summed E-state index contributed by atoms with van der Waals surface area (Å²) in [6, 6.07) is 8.01. The van der Waals surface area contributed by atoms with Crippen molar-refractivity contribution in [1.82, 2.24) is 14.8 Å². The van der Waals surface area contributed by atoms with Gasteiger partial charge >= 0.3 is 5.97 Å². The van der Waals surface area contributed by atoms with Crippen molar-refractivity contribution in [1.29, 1.82) is 0 Å². The fourth-order valence-corrected chi connectivity index (χ4v) is 4.20. The molecular weight excluding hydrogens is 350 g/mol. The van der Waals surface area contributed by atoms with Gasteiger partial charge in [0.25, 0.3) is 0 Å². The molecule has 1 amide bonds. The van der Waals surface area contributed by atoms with Crippen LogP contribution in [0.25, 0.3) is 10.2 Å². The molecule has 0 aliphatic carbocycles. The molecule has 0 N–H and O–H groups in total. The largest absolute Gasteiger partial charge is 0.466 e. The number of benzene rings is 1. The quantitative estimate of drug-likeness (QED) is 0.726. The Balaban J connectivity index is 1.48. The number of esters is 1. The molecule has 7 heteroatoms. The second kappa shape index (κ2) is 8.60. The first kappa shape index (κ1) is 18.8. The van der Waals surface area contributed by atoms with Crippen LogP contribution in [-0.4, -0.2) is 59.9 Å². The first-order valence-corrected chi connectivity index (χ1v) is 9.86. The number of hydrogen-bond acceptors (Lipinski definition) is 6. The highest BCUT2D eigenvalue weighted by Crippen LogP contribution is 2.23. The van der Waals surface area contributed by atoms with Gasteiger partial charge in [-0.25, -0.2) is 4.98 Å². The molecular formula is C19H25N3O3S. The van der Waals surface area contributed by atoms with Crippen molar-refractivity contribution in [2.75, 3.05) is 33.3 Å². The average molecular weight is 375 g/mol. The van der Waals surface area contributed by atoms with Crippen molar-refractivity contribution in [2.24, 2.45) is 5.92 Å². The molecule has 1 aliphatic heterocycles. The number of ether oxygens (including phenoxy) is 1. The lowest BCUT2D eigenvalue weighted by molar-refractivity contribution is -0.149. The molecule has 0 unspecified atom stereocenters. The molecule has 0 radical (unpaired) electrons. The molecule has 1 aromatic carbocycles. The van der Waals surface area contributed by atoms with Crippen LogP contribution in [-0.2, 0) is 20.9 Å². The van der Waals surface area contributed by atoms with Gasteiger partial charge in [0.2, 0.25) is 5.91 Å². The Kier molecular flexibility index (Phi) is 6.21. The van der Waals surface area contributed by atoms with E-state index < -0.39 is 0 Å². The van der Waals surface area contributed by atoms with Crippen molar-refractivity contribution < 1.29 is 14.3 Å². The van der Waals surface area contributed by atoms with E-state index in [-0.39, 0.29) is 17.8 Å². The highest BCUT2D eigenvalue weighted by atomic mass is 32.1. The summed E-state index contributed by atoms with van der Waals surface area (Å²) in [4.78, 5) is 32.7. The fourth-order valence-electron chi connectivity index (χ4n) is 3.18. The zero-order chi connectivity index (χ0) is 18.5. The molecule has 140 valence electrons. The molecule has 0 saturated carbocycles. The lowest BCUT2D eigenvalue weighted by Crippen LogP contribution is -2.43. The number of likely N-dealkylation sites (tertiary alicyclic amines) is 1. The molecule has 0 spiro atoms. The summed E-state index contributed by atoms with van der Waals surface area (Å²) in [7, 11) is 1.82. The van der Waals surface area contributed by atoms with E-state index in [9.17, 15) is 9.59 Å². The molecule has 1 saturated heterocycles. The number of piperidine rings is 1. The normalized spacial score (nSPS) is 15.9. The Bertz CT molecular complexity index is 735. The van der Waals surface area contributed by atoms with Gasteiger partial charge in [0.05, 0.1) is 35.8 Å². The summed E-state index contributed by atoms with van der Waals surface area (Å²) in [6.07, 6.45) is 1.52.